The van der Waals surface area contributed by atoms with E-state index >= 15 is 0 Å². The summed E-state index contributed by atoms with van der Waals surface area (Å²) >= 11 is 0. The van der Waals surface area contributed by atoms with Crippen molar-refractivity contribution in [1.82, 2.24) is 0 Å². The molecular formula is C8H12O8Ta-4. The van der Waals surface area contributed by atoms with Crippen LogP contribution in [0.2, 0.25) is 0 Å². The molecule has 17 heavy (non-hydrogen) atoms. The SMILES string of the molecule is CC(=O)[O-].CC(=O)[O-].CC(=O)[O-].CC(=O)[O-].[Ta]. The van der Waals surface area contributed by atoms with Gasteiger partial charge in [-0.15, -0.1) is 0 Å². The van der Waals surface area contributed by atoms with Crippen molar-refractivity contribution in [3.05, 3.63) is 0 Å². The van der Waals surface area contributed by atoms with E-state index in [-0.39, 0.29) is 22.4 Å². The Kier molecular flexibility index (Phi) is 41.9. The number of hydrogen-bond acceptors (Lipinski definition) is 8. The van der Waals surface area contributed by atoms with Crippen LogP contribution in [0.1, 0.15) is 27.7 Å². The topological polar surface area (TPSA) is 161 Å². The summed E-state index contributed by atoms with van der Waals surface area (Å²) in [4.78, 5) is 35.6. The molecule has 0 aromatic heterocycles. The monoisotopic (exact) mass is 417 g/mol. The second kappa shape index (κ2) is 24.0. The number of carbonyl (C=O) groups excluding carboxylic acids is 4. The van der Waals surface area contributed by atoms with E-state index < -0.39 is 23.9 Å². The van der Waals surface area contributed by atoms with Gasteiger partial charge in [-0.05, 0) is 27.7 Å². The van der Waals surface area contributed by atoms with Crippen molar-refractivity contribution in [3.8, 4) is 0 Å². The van der Waals surface area contributed by atoms with Gasteiger partial charge in [-0.1, -0.05) is 0 Å². The molecule has 0 aliphatic carbocycles. The van der Waals surface area contributed by atoms with Gasteiger partial charge in [0.2, 0.25) is 0 Å². The average Bonchev–Trinajstić information content (AvgIpc) is 1.76. The van der Waals surface area contributed by atoms with Gasteiger partial charge in [-0.2, -0.15) is 0 Å². The third kappa shape index (κ3) is 1220. The maximum atomic E-state index is 8.89. The maximum absolute atomic E-state index is 8.89. The zero-order valence-electron chi connectivity index (χ0n) is 9.71. The van der Waals surface area contributed by atoms with E-state index in [0.717, 1.165) is 27.7 Å². The molecule has 0 saturated carbocycles. The molecule has 101 valence electrons. The second-order valence-electron chi connectivity index (χ2n) is 1.97. The Balaban J connectivity index is -0.0000000369. The molecule has 9 heteroatoms. The van der Waals surface area contributed by atoms with Crippen LogP contribution in [-0.4, -0.2) is 23.9 Å². The second-order valence-corrected chi connectivity index (χ2v) is 1.97. The summed E-state index contributed by atoms with van der Waals surface area (Å²) in [7, 11) is 0. The quantitative estimate of drug-likeness (QED) is 0.379. The van der Waals surface area contributed by atoms with E-state index in [1.807, 2.05) is 0 Å². The van der Waals surface area contributed by atoms with E-state index in [0.29, 0.717) is 0 Å². The summed E-state index contributed by atoms with van der Waals surface area (Å²) in [5.41, 5.74) is 0. The molecule has 0 rings (SSSR count). The number of carboxylic acids is 4. The minimum atomic E-state index is -1.08. The zero-order valence-corrected chi connectivity index (χ0v) is 12.9. The van der Waals surface area contributed by atoms with Gasteiger partial charge in [0, 0.05) is 46.3 Å². The fourth-order valence-electron chi connectivity index (χ4n) is 0. The first-order valence-electron chi connectivity index (χ1n) is 3.63. The minimum absolute atomic E-state index is 0. The molecular weight excluding hydrogens is 405 g/mol. The molecule has 8 nitrogen and oxygen atoms in total. The average molecular weight is 417 g/mol. The molecule has 0 saturated heterocycles. The van der Waals surface area contributed by atoms with Gasteiger partial charge < -0.3 is 39.6 Å². The third-order valence-electron chi connectivity index (χ3n) is 0. The predicted octanol–water partition coefficient (Wildman–Crippen LogP) is -4.98. The molecule has 0 fully saturated rings. The molecule has 0 amide bonds. The number of carbonyl (C=O) groups is 4. The molecule has 0 aromatic rings. The summed E-state index contributed by atoms with van der Waals surface area (Å²) in [6, 6.07) is 0. The molecule has 0 aromatic carbocycles. The third-order valence-corrected chi connectivity index (χ3v) is 0. The molecule has 0 heterocycles. The summed E-state index contributed by atoms with van der Waals surface area (Å²) in [6.07, 6.45) is 0. The minimum Gasteiger partial charge on any atom is -0.550 e. The Bertz CT molecular complexity index is 162. The zero-order chi connectivity index (χ0) is 14.3. The normalized spacial score (nSPS) is 5.88. The predicted molar refractivity (Wildman–Crippen MR) is 42.7 cm³/mol. The van der Waals surface area contributed by atoms with Crippen molar-refractivity contribution < 1.29 is 62.0 Å². The van der Waals surface area contributed by atoms with Crippen molar-refractivity contribution >= 4 is 23.9 Å². The first-order chi connectivity index (χ1) is 6.93. The van der Waals surface area contributed by atoms with Crippen LogP contribution in [0.5, 0.6) is 0 Å². The number of rotatable bonds is 0. The van der Waals surface area contributed by atoms with Crippen LogP contribution < -0.4 is 20.4 Å². The molecule has 0 atom stereocenters. The van der Waals surface area contributed by atoms with Gasteiger partial charge in [0.25, 0.3) is 0 Å². The first-order valence-corrected chi connectivity index (χ1v) is 3.63. The molecule has 0 N–H and O–H groups in total. The largest absolute Gasteiger partial charge is 0.550 e. The van der Waals surface area contributed by atoms with E-state index in [4.69, 9.17) is 39.6 Å². The number of hydrogen-bond donors (Lipinski definition) is 0. The fourth-order valence-corrected chi connectivity index (χ4v) is 0. The fraction of sp³-hybridized carbons (Fsp3) is 0.500. The van der Waals surface area contributed by atoms with Crippen molar-refractivity contribution in [2.75, 3.05) is 0 Å². The van der Waals surface area contributed by atoms with Crippen LogP contribution in [0, 0.1) is 0 Å². The van der Waals surface area contributed by atoms with Gasteiger partial charge in [-0.3, -0.25) is 0 Å². The molecule has 0 aliphatic rings. The Morgan fingerprint density at radius 2 is 0.529 bits per heavy atom. The van der Waals surface area contributed by atoms with Crippen LogP contribution in [0.4, 0.5) is 0 Å². The molecule has 0 unspecified atom stereocenters. The standard InChI is InChI=1S/4C2H4O2.Ta/c4*1-2(3)4;/h4*1H3,(H,3,4);/p-4. The molecule has 0 bridgehead atoms. The van der Waals surface area contributed by atoms with Gasteiger partial charge in [-0.25, -0.2) is 0 Å². The van der Waals surface area contributed by atoms with Crippen LogP contribution >= 0.6 is 0 Å². The Labute approximate surface area is 114 Å². The smallest absolute Gasteiger partial charge is 0.0383 e. The summed E-state index contributed by atoms with van der Waals surface area (Å²) in [5.74, 6) is -4.33. The van der Waals surface area contributed by atoms with E-state index in [1.165, 1.54) is 0 Å². The maximum Gasteiger partial charge on any atom is 0.0383 e. The summed E-state index contributed by atoms with van der Waals surface area (Å²) in [6.45, 7) is 3.89. The number of aliphatic carboxylic acids is 4. The number of carboxylic acid groups (broad SMARTS) is 4. The molecule has 0 spiro atoms. The van der Waals surface area contributed by atoms with Crippen LogP contribution in [0.3, 0.4) is 0 Å². The Hall–Kier alpha value is -1.38. The van der Waals surface area contributed by atoms with Gasteiger partial charge >= 0.3 is 0 Å². The van der Waals surface area contributed by atoms with Gasteiger partial charge in [0.1, 0.15) is 0 Å². The van der Waals surface area contributed by atoms with Gasteiger partial charge in [0.15, 0.2) is 0 Å². The summed E-state index contributed by atoms with van der Waals surface area (Å²) < 4.78 is 0. The molecule has 1 radical (unpaired) electrons. The Morgan fingerprint density at radius 1 is 0.529 bits per heavy atom. The van der Waals surface area contributed by atoms with Crippen LogP contribution in [-0.2, 0) is 41.6 Å². The van der Waals surface area contributed by atoms with E-state index in [9.17, 15) is 0 Å². The first kappa shape index (κ1) is 29.6. The van der Waals surface area contributed by atoms with Crippen LogP contribution in [0.25, 0.3) is 0 Å². The van der Waals surface area contributed by atoms with E-state index in [2.05, 4.69) is 0 Å². The van der Waals surface area contributed by atoms with Crippen molar-refractivity contribution in [1.29, 1.82) is 0 Å². The van der Waals surface area contributed by atoms with E-state index in [1.54, 1.807) is 0 Å². The van der Waals surface area contributed by atoms with Crippen LogP contribution in [0.15, 0.2) is 0 Å². The summed E-state index contributed by atoms with van der Waals surface area (Å²) in [5, 5.41) is 35.6. The van der Waals surface area contributed by atoms with Crippen molar-refractivity contribution in [2.45, 2.75) is 27.7 Å². The Morgan fingerprint density at radius 3 is 0.529 bits per heavy atom. The van der Waals surface area contributed by atoms with Gasteiger partial charge in [0.05, 0.1) is 0 Å². The van der Waals surface area contributed by atoms with Crippen molar-refractivity contribution in [3.63, 3.8) is 0 Å². The molecule has 0 aliphatic heterocycles. The van der Waals surface area contributed by atoms with Crippen molar-refractivity contribution in [2.24, 2.45) is 0 Å².